The van der Waals surface area contributed by atoms with Crippen LogP contribution in [0.3, 0.4) is 0 Å². The molecular formula is C18H17F2N7O2. The summed E-state index contributed by atoms with van der Waals surface area (Å²) in [5, 5.41) is 6.42. The normalized spacial score (nSPS) is 11.4. The van der Waals surface area contributed by atoms with Crippen molar-refractivity contribution in [1.29, 1.82) is 0 Å². The first-order valence-electron chi connectivity index (χ1n) is 8.91. The molecule has 29 heavy (non-hydrogen) atoms. The van der Waals surface area contributed by atoms with Crippen molar-refractivity contribution in [2.75, 3.05) is 6.54 Å². The number of amides is 1. The maximum atomic E-state index is 13.4. The Labute approximate surface area is 163 Å². The van der Waals surface area contributed by atoms with E-state index in [9.17, 15) is 13.6 Å². The van der Waals surface area contributed by atoms with Crippen LogP contribution in [-0.2, 0) is 13.1 Å². The molecule has 0 radical (unpaired) electrons. The summed E-state index contributed by atoms with van der Waals surface area (Å²) in [7, 11) is 0. The van der Waals surface area contributed by atoms with Gasteiger partial charge in [0.1, 0.15) is 0 Å². The molecule has 0 spiro atoms. The van der Waals surface area contributed by atoms with E-state index >= 15 is 0 Å². The van der Waals surface area contributed by atoms with Crippen LogP contribution in [0, 0.1) is 0 Å². The Morgan fingerprint density at radius 3 is 2.90 bits per heavy atom. The van der Waals surface area contributed by atoms with Crippen LogP contribution >= 0.6 is 0 Å². The highest BCUT2D eigenvalue weighted by molar-refractivity contribution is 5.89. The minimum Gasteiger partial charge on any atom is -0.348 e. The molecule has 0 saturated carbocycles. The van der Waals surface area contributed by atoms with Crippen LogP contribution < -0.4 is 5.32 Å². The summed E-state index contributed by atoms with van der Waals surface area (Å²) in [6, 6.07) is 6.78. The summed E-state index contributed by atoms with van der Waals surface area (Å²) >= 11 is 0. The summed E-state index contributed by atoms with van der Waals surface area (Å²) in [4.78, 5) is 24.1. The average Bonchev–Trinajstić information content (AvgIpc) is 3.46. The van der Waals surface area contributed by atoms with Gasteiger partial charge in [-0.15, -0.1) is 0 Å². The molecule has 0 saturated heterocycles. The smallest absolute Gasteiger partial charge is 0.316 e. The number of imidazole rings is 2. The van der Waals surface area contributed by atoms with Gasteiger partial charge < -0.3 is 19.0 Å². The largest absolute Gasteiger partial charge is 0.348 e. The number of hydrogen-bond acceptors (Lipinski definition) is 6. The van der Waals surface area contributed by atoms with Gasteiger partial charge in [-0.2, -0.15) is 4.98 Å². The van der Waals surface area contributed by atoms with Crippen molar-refractivity contribution in [3.63, 3.8) is 0 Å². The number of alkyl halides is 2. The molecule has 0 aliphatic heterocycles. The van der Waals surface area contributed by atoms with Gasteiger partial charge in [-0.3, -0.25) is 4.79 Å². The highest BCUT2D eigenvalue weighted by Gasteiger charge is 2.21. The Balaban J connectivity index is 1.41. The molecule has 1 amide bonds. The number of aromatic nitrogens is 6. The zero-order chi connectivity index (χ0) is 20.2. The lowest BCUT2D eigenvalue weighted by molar-refractivity contribution is 0.0909. The van der Waals surface area contributed by atoms with Crippen LogP contribution in [0.15, 0.2) is 47.5 Å². The van der Waals surface area contributed by atoms with Crippen molar-refractivity contribution in [3.8, 4) is 0 Å². The van der Waals surface area contributed by atoms with Gasteiger partial charge in [-0.05, 0) is 18.6 Å². The van der Waals surface area contributed by atoms with Crippen molar-refractivity contribution >= 4 is 16.9 Å². The topological polar surface area (TPSA) is 104 Å². The van der Waals surface area contributed by atoms with Crippen LogP contribution in [0.2, 0.25) is 0 Å². The third-order valence-electron chi connectivity index (χ3n) is 4.28. The van der Waals surface area contributed by atoms with Crippen LogP contribution in [-0.4, -0.2) is 41.7 Å². The van der Waals surface area contributed by atoms with Gasteiger partial charge in [0.25, 0.3) is 6.43 Å². The number of hydrogen-bond donors (Lipinski definition) is 1. The predicted molar refractivity (Wildman–Crippen MR) is 97.3 cm³/mol. The lowest BCUT2D eigenvalue weighted by atomic mass is 10.3. The van der Waals surface area contributed by atoms with Gasteiger partial charge in [-0.1, -0.05) is 17.3 Å². The first-order chi connectivity index (χ1) is 14.1. The van der Waals surface area contributed by atoms with E-state index in [1.807, 2.05) is 10.8 Å². The Bertz CT molecular complexity index is 1100. The van der Waals surface area contributed by atoms with Gasteiger partial charge in [0, 0.05) is 25.5 Å². The van der Waals surface area contributed by atoms with Crippen LogP contribution in [0.25, 0.3) is 11.0 Å². The van der Waals surface area contributed by atoms with Crippen molar-refractivity contribution in [2.45, 2.75) is 25.9 Å². The predicted octanol–water partition coefficient (Wildman–Crippen LogP) is 2.42. The van der Waals surface area contributed by atoms with Gasteiger partial charge in [-0.25, -0.2) is 18.7 Å². The summed E-state index contributed by atoms with van der Waals surface area (Å²) in [5.74, 6) is -1.01. The van der Waals surface area contributed by atoms with Crippen molar-refractivity contribution in [1.82, 2.24) is 34.6 Å². The fourth-order valence-corrected chi connectivity index (χ4v) is 2.94. The molecule has 0 aliphatic carbocycles. The molecule has 0 aliphatic rings. The number of nitrogens with one attached hydrogen (secondary N) is 1. The maximum Gasteiger partial charge on any atom is 0.316 e. The zero-order valence-corrected chi connectivity index (χ0v) is 15.2. The number of para-hydroxylation sites is 2. The van der Waals surface area contributed by atoms with Crippen LogP contribution in [0.1, 0.15) is 35.2 Å². The second-order valence-electron chi connectivity index (χ2n) is 6.27. The van der Waals surface area contributed by atoms with E-state index < -0.39 is 12.3 Å². The number of rotatable bonds is 8. The molecule has 1 N–H and O–H groups in total. The first-order valence-corrected chi connectivity index (χ1v) is 8.91. The van der Waals surface area contributed by atoms with E-state index in [1.165, 1.54) is 4.57 Å². The van der Waals surface area contributed by atoms with E-state index in [2.05, 4.69) is 25.4 Å². The molecule has 0 atom stereocenters. The average molecular weight is 401 g/mol. The number of aryl methyl sites for hydroxylation is 1. The molecule has 4 aromatic rings. The third kappa shape index (κ3) is 4.13. The molecule has 0 bridgehead atoms. The Hall–Kier alpha value is -3.63. The minimum atomic E-state index is -2.76. The highest BCUT2D eigenvalue weighted by atomic mass is 19.3. The van der Waals surface area contributed by atoms with Gasteiger partial charge >= 0.3 is 11.8 Å². The van der Waals surface area contributed by atoms with E-state index in [-0.39, 0.29) is 24.1 Å². The van der Waals surface area contributed by atoms with Crippen molar-refractivity contribution in [3.05, 3.63) is 60.5 Å². The highest BCUT2D eigenvalue weighted by Crippen LogP contribution is 2.24. The Kier molecular flexibility index (Phi) is 5.27. The molecule has 1 aromatic carbocycles. The second kappa shape index (κ2) is 8.17. The summed E-state index contributed by atoms with van der Waals surface area (Å²) in [6.07, 6.45) is 3.15. The van der Waals surface area contributed by atoms with E-state index in [1.54, 1.807) is 36.8 Å². The van der Waals surface area contributed by atoms with E-state index in [0.717, 1.165) is 0 Å². The standard InChI is InChI=1S/C18H17F2N7O2/c19-15(20)16-23-12-4-1-2-5-13(12)27(16)10-14-24-18(29-25-14)17(28)22-6-3-8-26-9-7-21-11-26/h1-2,4-5,7,9,11,15H,3,6,8,10H2,(H,22,28). The molecule has 9 nitrogen and oxygen atoms in total. The van der Waals surface area contributed by atoms with E-state index in [0.29, 0.717) is 30.5 Å². The molecule has 3 aromatic heterocycles. The van der Waals surface area contributed by atoms with Crippen molar-refractivity contribution in [2.24, 2.45) is 0 Å². The number of carbonyl (C=O) groups excluding carboxylic acids is 1. The fraction of sp³-hybridized carbons (Fsp3) is 0.278. The monoisotopic (exact) mass is 401 g/mol. The molecule has 3 heterocycles. The molecular weight excluding hydrogens is 384 g/mol. The lowest BCUT2D eigenvalue weighted by Crippen LogP contribution is -2.25. The number of halogens is 2. The van der Waals surface area contributed by atoms with Gasteiger partial charge in [0.2, 0.25) is 0 Å². The first kappa shape index (κ1) is 18.7. The molecule has 150 valence electrons. The van der Waals surface area contributed by atoms with Gasteiger partial charge in [0.05, 0.1) is 23.9 Å². The Morgan fingerprint density at radius 1 is 1.24 bits per heavy atom. The zero-order valence-electron chi connectivity index (χ0n) is 15.2. The summed E-state index contributed by atoms with van der Waals surface area (Å²) in [5.41, 5.74) is 0.972. The van der Waals surface area contributed by atoms with E-state index in [4.69, 9.17) is 4.52 Å². The Morgan fingerprint density at radius 2 is 2.10 bits per heavy atom. The molecule has 4 rings (SSSR count). The number of nitrogens with zero attached hydrogens (tertiary/aromatic N) is 6. The van der Waals surface area contributed by atoms with Crippen LogP contribution in [0.4, 0.5) is 8.78 Å². The summed E-state index contributed by atoms with van der Waals surface area (Å²) in [6.45, 7) is 1.04. The minimum absolute atomic E-state index is 0.0857. The lowest BCUT2D eigenvalue weighted by Gasteiger charge is -2.05. The second-order valence-corrected chi connectivity index (χ2v) is 6.27. The van der Waals surface area contributed by atoms with Crippen LogP contribution in [0.5, 0.6) is 0 Å². The molecule has 0 fully saturated rings. The summed E-state index contributed by atoms with van der Waals surface area (Å²) < 4.78 is 34.9. The van der Waals surface area contributed by atoms with Crippen molar-refractivity contribution < 1.29 is 18.1 Å². The number of benzene rings is 1. The third-order valence-corrected chi connectivity index (χ3v) is 4.28. The SMILES string of the molecule is O=C(NCCCn1ccnc1)c1nc(Cn2c(C(F)F)nc3ccccc32)no1. The molecule has 11 heteroatoms. The maximum absolute atomic E-state index is 13.4. The van der Waals surface area contributed by atoms with Gasteiger partial charge in [0.15, 0.2) is 11.6 Å². The fourth-order valence-electron chi connectivity index (χ4n) is 2.94. The number of carbonyl (C=O) groups is 1. The quantitative estimate of drug-likeness (QED) is 0.455. The molecule has 0 unspecified atom stereocenters. The number of fused-ring (bicyclic) bond motifs is 1.